The molecule has 29 heavy (non-hydrogen) atoms. The van der Waals surface area contributed by atoms with Gasteiger partial charge in [0.2, 0.25) is 0 Å². The lowest BCUT2D eigenvalue weighted by Crippen LogP contribution is -2.54. The fourth-order valence-electron chi connectivity index (χ4n) is 3.67. The summed E-state index contributed by atoms with van der Waals surface area (Å²) in [6, 6.07) is 9.40. The highest BCUT2D eigenvalue weighted by Crippen LogP contribution is 2.37. The highest BCUT2D eigenvalue weighted by molar-refractivity contribution is 5.71. The first kappa shape index (κ1) is 22.7. The fourth-order valence-corrected chi connectivity index (χ4v) is 3.67. The number of hydrogen-bond acceptors (Lipinski definition) is 6. The molecule has 0 aliphatic carbocycles. The van der Waals surface area contributed by atoms with Crippen LogP contribution in [0.3, 0.4) is 0 Å². The van der Waals surface area contributed by atoms with Gasteiger partial charge in [-0.3, -0.25) is 9.59 Å². The lowest BCUT2D eigenvalue weighted by molar-refractivity contribution is -0.146. The normalized spacial score (nSPS) is 22.0. The molecule has 0 bridgehead atoms. The van der Waals surface area contributed by atoms with Crippen LogP contribution in [0.5, 0.6) is 0 Å². The van der Waals surface area contributed by atoms with Crippen molar-refractivity contribution in [1.82, 2.24) is 4.90 Å². The lowest BCUT2D eigenvalue weighted by atomic mass is 9.78. The molecule has 0 spiro atoms. The standard InChI is InChI=1S/C22H31NO6/c1-15(24)28-14-19-17(12-20(25)27-5)11-18(16-9-7-6-8-10-16)13-23(19)21(26)29-22(2,3)4/h6-10,17-19H,11-14H2,1-5H3/t17-,18-,19-/m1/s1. The number of esters is 2. The third kappa shape index (κ3) is 6.76. The summed E-state index contributed by atoms with van der Waals surface area (Å²) in [6.45, 7) is 7.16. The Balaban J connectivity index is 2.36. The van der Waals surface area contributed by atoms with Crippen LogP contribution in [0.2, 0.25) is 0 Å². The van der Waals surface area contributed by atoms with Crippen molar-refractivity contribution in [2.75, 3.05) is 20.3 Å². The van der Waals surface area contributed by atoms with Crippen molar-refractivity contribution in [3.63, 3.8) is 0 Å². The van der Waals surface area contributed by atoms with Crippen molar-refractivity contribution in [3.05, 3.63) is 35.9 Å². The zero-order chi connectivity index (χ0) is 21.6. The molecule has 0 N–H and O–H groups in total. The highest BCUT2D eigenvalue weighted by Gasteiger charge is 2.42. The molecule has 1 aromatic rings. The number of likely N-dealkylation sites (tertiary alicyclic amines) is 1. The van der Waals surface area contributed by atoms with Gasteiger partial charge >= 0.3 is 18.0 Å². The van der Waals surface area contributed by atoms with E-state index in [1.54, 1.807) is 25.7 Å². The summed E-state index contributed by atoms with van der Waals surface area (Å²) in [5.41, 5.74) is 0.419. The SMILES string of the molecule is COC(=O)C[C@H]1C[C@@H](c2ccccc2)CN(C(=O)OC(C)(C)C)[C@@H]1COC(C)=O. The summed E-state index contributed by atoms with van der Waals surface area (Å²) in [4.78, 5) is 38.1. The molecule has 7 nitrogen and oxygen atoms in total. The average molecular weight is 405 g/mol. The number of piperidine rings is 1. The number of amides is 1. The molecule has 3 atom stereocenters. The molecule has 1 saturated heterocycles. The maximum atomic E-state index is 13.0. The number of rotatable bonds is 5. The van der Waals surface area contributed by atoms with Gasteiger partial charge in [0.1, 0.15) is 12.2 Å². The van der Waals surface area contributed by atoms with E-state index in [0.717, 1.165) is 5.56 Å². The van der Waals surface area contributed by atoms with E-state index in [1.165, 1.54) is 14.0 Å². The molecule has 0 unspecified atom stereocenters. The Hall–Kier alpha value is -2.57. The second-order valence-corrected chi connectivity index (χ2v) is 8.39. The first-order valence-corrected chi connectivity index (χ1v) is 9.85. The molecule has 0 saturated carbocycles. The van der Waals surface area contributed by atoms with Gasteiger partial charge in [-0.25, -0.2) is 4.79 Å². The van der Waals surface area contributed by atoms with E-state index in [0.29, 0.717) is 13.0 Å². The van der Waals surface area contributed by atoms with Crippen LogP contribution in [0.4, 0.5) is 4.79 Å². The Bertz CT molecular complexity index is 712. The molecular formula is C22H31NO6. The lowest BCUT2D eigenvalue weighted by Gasteiger charge is -2.44. The van der Waals surface area contributed by atoms with Gasteiger partial charge in [0.25, 0.3) is 0 Å². The van der Waals surface area contributed by atoms with Crippen LogP contribution in [0.1, 0.15) is 52.0 Å². The van der Waals surface area contributed by atoms with Gasteiger partial charge in [0.15, 0.2) is 0 Å². The van der Waals surface area contributed by atoms with Gasteiger partial charge in [0.05, 0.1) is 19.6 Å². The van der Waals surface area contributed by atoms with Crippen LogP contribution in [-0.2, 0) is 23.8 Å². The molecule has 2 rings (SSSR count). The van der Waals surface area contributed by atoms with Crippen LogP contribution in [0.25, 0.3) is 0 Å². The van der Waals surface area contributed by atoms with Crippen LogP contribution >= 0.6 is 0 Å². The minimum absolute atomic E-state index is 0.0117. The predicted octanol–water partition coefficient (Wildman–Crippen LogP) is 3.52. The molecule has 1 fully saturated rings. The molecule has 0 aromatic heterocycles. The maximum Gasteiger partial charge on any atom is 0.410 e. The quantitative estimate of drug-likeness (QED) is 0.551. The third-order valence-corrected chi connectivity index (χ3v) is 4.96. The zero-order valence-electron chi connectivity index (χ0n) is 17.8. The number of carbonyl (C=O) groups is 3. The van der Waals surface area contributed by atoms with Gasteiger partial charge < -0.3 is 19.1 Å². The minimum Gasteiger partial charge on any atom is -0.469 e. The van der Waals surface area contributed by atoms with Crippen LogP contribution < -0.4 is 0 Å². The number of nitrogens with zero attached hydrogens (tertiary/aromatic N) is 1. The molecule has 1 aliphatic heterocycles. The van der Waals surface area contributed by atoms with Crippen LogP contribution in [-0.4, -0.2) is 54.8 Å². The number of carbonyl (C=O) groups excluding carboxylic acids is 3. The van der Waals surface area contributed by atoms with Gasteiger partial charge in [-0.1, -0.05) is 30.3 Å². The highest BCUT2D eigenvalue weighted by atomic mass is 16.6. The molecule has 7 heteroatoms. The van der Waals surface area contributed by atoms with Crippen molar-refractivity contribution >= 4 is 18.0 Å². The van der Waals surface area contributed by atoms with Crippen molar-refractivity contribution < 1.29 is 28.6 Å². The van der Waals surface area contributed by atoms with Gasteiger partial charge in [-0.2, -0.15) is 0 Å². The third-order valence-electron chi connectivity index (χ3n) is 4.96. The number of ether oxygens (including phenoxy) is 3. The molecule has 1 heterocycles. The largest absolute Gasteiger partial charge is 0.469 e. The van der Waals surface area contributed by atoms with E-state index >= 15 is 0 Å². The monoisotopic (exact) mass is 405 g/mol. The second kappa shape index (κ2) is 9.76. The Morgan fingerprint density at radius 2 is 1.79 bits per heavy atom. The van der Waals surface area contributed by atoms with Gasteiger partial charge in [0, 0.05) is 19.4 Å². The van der Waals surface area contributed by atoms with Gasteiger partial charge in [-0.05, 0) is 38.7 Å². The Morgan fingerprint density at radius 1 is 1.14 bits per heavy atom. The van der Waals surface area contributed by atoms with Crippen LogP contribution in [0, 0.1) is 5.92 Å². The maximum absolute atomic E-state index is 13.0. The van der Waals surface area contributed by atoms with E-state index in [1.807, 2.05) is 30.3 Å². The van der Waals surface area contributed by atoms with Crippen molar-refractivity contribution in [2.45, 2.75) is 58.1 Å². The van der Waals surface area contributed by atoms with Crippen molar-refractivity contribution in [3.8, 4) is 0 Å². The van der Waals surface area contributed by atoms with Crippen molar-refractivity contribution in [1.29, 1.82) is 0 Å². The summed E-state index contributed by atoms with van der Waals surface area (Å²) in [7, 11) is 1.34. The summed E-state index contributed by atoms with van der Waals surface area (Å²) >= 11 is 0. The summed E-state index contributed by atoms with van der Waals surface area (Å²) in [5, 5.41) is 0. The average Bonchev–Trinajstić information content (AvgIpc) is 2.65. The number of methoxy groups -OCH3 is 1. The smallest absolute Gasteiger partial charge is 0.410 e. The first-order chi connectivity index (χ1) is 13.6. The Kier molecular flexibility index (Phi) is 7.65. The van der Waals surface area contributed by atoms with E-state index in [9.17, 15) is 14.4 Å². The summed E-state index contributed by atoms with van der Waals surface area (Å²) in [6.07, 6.45) is 0.320. The predicted molar refractivity (Wildman–Crippen MR) is 107 cm³/mol. The minimum atomic E-state index is -0.666. The van der Waals surface area contributed by atoms with E-state index in [-0.39, 0.29) is 30.8 Å². The molecule has 1 amide bonds. The number of hydrogen-bond donors (Lipinski definition) is 0. The van der Waals surface area contributed by atoms with E-state index in [2.05, 4.69) is 0 Å². The molecular weight excluding hydrogens is 374 g/mol. The van der Waals surface area contributed by atoms with E-state index < -0.39 is 23.7 Å². The Labute approximate surface area is 172 Å². The molecule has 0 radical (unpaired) electrons. The van der Waals surface area contributed by atoms with Crippen LogP contribution in [0.15, 0.2) is 30.3 Å². The molecule has 1 aliphatic rings. The zero-order valence-corrected chi connectivity index (χ0v) is 17.8. The molecule has 1 aromatic carbocycles. The van der Waals surface area contributed by atoms with Gasteiger partial charge in [-0.15, -0.1) is 0 Å². The fraction of sp³-hybridized carbons (Fsp3) is 0.591. The topological polar surface area (TPSA) is 82.1 Å². The summed E-state index contributed by atoms with van der Waals surface area (Å²) in [5.74, 6) is -0.989. The van der Waals surface area contributed by atoms with E-state index in [4.69, 9.17) is 14.2 Å². The molecule has 160 valence electrons. The summed E-state index contributed by atoms with van der Waals surface area (Å²) < 4.78 is 15.7. The second-order valence-electron chi connectivity index (χ2n) is 8.39. The Morgan fingerprint density at radius 3 is 2.34 bits per heavy atom. The number of benzene rings is 1. The van der Waals surface area contributed by atoms with Crippen molar-refractivity contribution in [2.24, 2.45) is 5.92 Å². The first-order valence-electron chi connectivity index (χ1n) is 9.85.